The molecule has 11 heavy (non-hydrogen) atoms. The Hall–Kier alpha value is -0.820. The molecule has 0 aromatic carbocycles. The summed E-state index contributed by atoms with van der Waals surface area (Å²) < 4.78 is 33.0. The predicted octanol–water partition coefficient (Wildman–Crippen LogP) is -0.0618. The lowest BCUT2D eigenvalue weighted by atomic mass is 11.0. The molecule has 0 N–H and O–H groups in total. The second-order valence-corrected chi connectivity index (χ2v) is 3.93. The van der Waals surface area contributed by atoms with Gasteiger partial charge in [0.15, 0.2) is 0 Å². The third kappa shape index (κ3) is 2.05. The Bertz CT molecular complexity index is 367. The van der Waals surface area contributed by atoms with Gasteiger partial charge in [-0.1, -0.05) is 0 Å². The van der Waals surface area contributed by atoms with Crippen LogP contribution in [0.5, 0.6) is 0 Å². The smallest absolute Gasteiger partial charge is 0.205 e. The average Bonchev–Trinajstić information content (AvgIpc) is 1.86. The number of nitrogens with zero attached hydrogens (tertiary/aromatic N) is 3. The zero-order chi connectivity index (χ0) is 8.48. The van der Waals surface area contributed by atoms with E-state index in [1.807, 2.05) is 0 Å². The van der Waals surface area contributed by atoms with Crippen LogP contribution in [0, 0.1) is 6.08 Å². The van der Waals surface area contributed by atoms with Crippen molar-refractivity contribution in [3.63, 3.8) is 0 Å². The molecular formula is C3HClFN3O2S. The Balaban J connectivity index is 3.28. The second-order valence-electron chi connectivity index (χ2n) is 1.47. The second kappa shape index (κ2) is 2.67. The standard InChI is InChI=1S/C3HClFN3O2S/c4-11(9,10)3-7-1-6-2(5)8-3/h1H. The molecule has 5 nitrogen and oxygen atoms in total. The minimum Gasteiger partial charge on any atom is -0.205 e. The summed E-state index contributed by atoms with van der Waals surface area (Å²) in [5.41, 5.74) is 0. The number of hydrogen-bond donors (Lipinski definition) is 0. The monoisotopic (exact) mass is 197 g/mol. The molecule has 0 aliphatic rings. The molecule has 0 unspecified atom stereocenters. The Morgan fingerprint density at radius 2 is 2.09 bits per heavy atom. The Morgan fingerprint density at radius 3 is 2.45 bits per heavy atom. The maximum atomic E-state index is 12.1. The topological polar surface area (TPSA) is 72.8 Å². The van der Waals surface area contributed by atoms with Crippen LogP contribution in [0.2, 0.25) is 0 Å². The Morgan fingerprint density at radius 1 is 1.45 bits per heavy atom. The van der Waals surface area contributed by atoms with Crippen LogP contribution in [0.1, 0.15) is 0 Å². The molecule has 0 aliphatic carbocycles. The van der Waals surface area contributed by atoms with E-state index < -0.39 is 20.3 Å². The number of aromatic nitrogens is 3. The van der Waals surface area contributed by atoms with Crippen molar-refractivity contribution in [2.45, 2.75) is 5.16 Å². The van der Waals surface area contributed by atoms with Gasteiger partial charge in [-0.25, -0.2) is 13.4 Å². The van der Waals surface area contributed by atoms with Crippen LogP contribution in [0.3, 0.4) is 0 Å². The minimum absolute atomic E-state index is 0.720. The van der Waals surface area contributed by atoms with Crippen molar-refractivity contribution in [3.8, 4) is 0 Å². The van der Waals surface area contributed by atoms with Gasteiger partial charge in [0.25, 0.3) is 14.2 Å². The first kappa shape index (κ1) is 8.28. The van der Waals surface area contributed by atoms with Gasteiger partial charge >= 0.3 is 6.08 Å². The molecule has 0 bridgehead atoms. The molecule has 0 spiro atoms. The van der Waals surface area contributed by atoms with Crippen molar-refractivity contribution in [1.29, 1.82) is 0 Å². The van der Waals surface area contributed by atoms with Gasteiger partial charge in [-0.05, 0) is 0 Å². The van der Waals surface area contributed by atoms with E-state index >= 15 is 0 Å². The van der Waals surface area contributed by atoms with Gasteiger partial charge in [0.2, 0.25) is 0 Å². The molecule has 0 aliphatic heterocycles. The highest BCUT2D eigenvalue weighted by Crippen LogP contribution is 2.06. The van der Waals surface area contributed by atoms with Gasteiger partial charge in [-0.3, -0.25) is 0 Å². The third-order valence-corrected chi connectivity index (χ3v) is 1.79. The van der Waals surface area contributed by atoms with Crippen LogP contribution in [0.25, 0.3) is 0 Å². The lowest BCUT2D eigenvalue weighted by Gasteiger charge is -1.90. The van der Waals surface area contributed by atoms with Crippen LogP contribution in [0.15, 0.2) is 11.5 Å². The van der Waals surface area contributed by atoms with Crippen molar-refractivity contribution in [2.24, 2.45) is 0 Å². The molecule has 60 valence electrons. The molecule has 0 radical (unpaired) electrons. The minimum atomic E-state index is -4.06. The molecule has 1 rings (SSSR count). The summed E-state index contributed by atoms with van der Waals surface area (Å²) in [6.07, 6.45) is -0.461. The lowest BCUT2D eigenvalue weighted by molar-refractivity contribution is 0.507. The van der Waals surface area contributed by atoms with Gasteiger partial charge in [0.1, 0.15) is 6.33 Å². The van der Waals surface area contributed by atoms with Gasteiger partial charge in [-0.15, -0.1) is 0 Å². The van der Waals surface area contributed by atoms with Crippen LogP contribution >= 0.6 is 10.7 Å². The van der Waals surface area contributed by atoms with E-state index in [1.165, 1.54) is 0 Å². The van der Waals surface area contributed by atoms with Gasteiger partial charge in [0, 0.05) is 10.7 Å². The van der Waals surface area contributed by atoms with E-state index in [1.54, 1.807) is 0 Å². The van der Waals surface area contributed by atoms with Crippen LogP contribution in [-0.2, 0) is 9.05 Å². The average molecular weight is 198 g/mol. The normalized spacial score (nSPS) is 11.5. The first-order valence-corrected chi connectivity index (χ1v) is 4.60. The highest BCUT2D eigenvalue weighted by Gasteiger charge is 2.14. The zero-order valence-electron chi connectivity index (χ0n) is 4.90. The molecule has 1 aromatic heterocycles. The highest BCUT2D eigenvalue weighted by molar-refractivity contribution is 8.13. The fourth-order valence-corrected chi connectivity index (χ4v) is 0.960. The molecule has 8 heteroatoms. The molecule has 1 aromatic rings. The van der Waals surface area contributed by atoms with E-state index in [-0.39, 0.29) is 0 Å². The molecular weight excluding hydrogens is 197 g/mol. The maximum absolute atomic E-state index is 12.1. The van der Waals surface area contributed by atoms with Gasteiger partial charge in [-0.2, -0.15) is 14.4 Å². The summed E-state index contributed by atoms with van der Waals surface area (Å²) in [5.74, 6) is 0. The first-order chi connectivity index (χ1) is 5.00. The lowest BCUT2D eigenvalue weighted by Crippen LogP contribution is -2.02. The summed E-state index contributed by atoms with van der Waals surface area (Å²) in [6, 6.07) is 0. The molecule has 0 atom stereocenters. The van der Waals surface area contributed by atoms with Crippen molar-refractivity contribution in [3.05, 3.63) is 12.4 Å². The van der Waals surface area contributed by atoms with E-state index in [0.29, 0.717) is 0 Å². The van der Waals surface area contributed by atoms with E-state index in [4.69, 9.17) is 10.7 Å². The van der Waals surface area contributed by atoms with Gasteiger partial charge < -0.3 is 0 Å². The van der Waals surface area contributed by atoms with E-state index in [0.717, 1.165) is 6.33 Å². The van der Waals surface area contributed by atoms with Crippen LogP contribution in [0.4, 0.5) is 4.39 Å². The van der Waals surface area contributed by atoms with Crippen molar-refractivity contribution in [2.75, 3.05) is 0 Å². The van der Waals surface area contributed by atoms with E-state index in [9.17, 15) is 12.8 Å². The maximum Gasteiger partial charge on any atom is 0.312 e. The largest absolute Gasteiger partial charge is 0.312 e. The molecule has 0 saturated carbocycles. The summed E-state index contributed by atoms with van der Waals surface area (Å²) in [4.78, 5) is 8.91. The molecule has 0 fully saturated rings. The summed E-state index contributed by atoms with van der Waals surface area (Å²) in [6.45, 7) is 0. The van der Waals surface area contributed by atoms with Crippen LogP contribution < -0.4 is 0 Å². The molecule has 0 saturated heterocycles. The third-order valence-electron chi connectivity index (χ3n) is 0.738. The van der Waals surface area contributed by atoms with Crippen LogP contribution in [-0.4, -0.2) is 23.4 Å². The SMILES string of the molecule is O=S(=O)(Cl)c1ncnc(F)n1. The first-order valence-electron chi connectivity index (χ1n) is 2.29. The number of hydrogen-bond acceptors (Lipinski definition) is 5. The Kier molecular flexibility index (Phi) is 2.01. The summed E-state index contributed by atoms with van der Waals surface area (Å²) in [5, 5.41) is -0.785. The van der Waals surface area contributed by atoms with Gasteiger partial charge in [0.05, 0.1) is 0 Å². The molecule has 0 amide bonds. The zero-order valence-corrected chi connectivity index (χ0v) is 6.47. The highest BCUT2D eigenvalue weighted by atomic mass is 35.7. The fraction of sp³-hybridized carbons (Fsp3) is 0. The summed E-state index contributed by atoms with van der Waals surface area (Å²) >= 11 is 0. The molecule has 1 heterocycles. The number of halogens is 2. The Labute approximate surface area is 65.7 Å². The van der Waals surface area contributed by atoms with E-state index in [2.05, 4.69) is 15.0 Å². The summed E-state index contributed by atoms with van der Waals surface area (Å²) in [7, 11) is 0.728. The van der Waals surface area contributed by atoms with Crippen molar-refractivity contribution < 1.29 is 12.8 Å². The quantitative estimate of drug-likeness (QED) is 0.590. The fourth-order valence-electron chi connectivity index (χ4n) is 0.380. The van der Waals surface area contributed by atoms with Crippen molar-refractivity contribution >= 4 is 19.7 Å². The predicted molar refractivity (Wildman–Crippen MR) is 32.8 cm³/mol. The number of rotatable bonds is 1. The van der Waals surface area contributed by atoms with Crippen molar-refractivity contribution in [1.82, 2.24) is 15.0 Å².